The second-order valence-electron chi connectivity index (χ2n) is 4.75. The molecular formula is C15H11Br3N2O. The molecule has 1 atom stereocenters. The van der Waals surface area contributed by atoms with Gasteiger partial charge in [-0.05, 0) is 55.6 Å². The van der Waals surface area contributed by atoms with E-state index in [0.717, 1.165) is 30.4 Å². The molecule has 0 aliphatic carbocycles. The third-order valence-electron chi connectivity index (χ3n) is 3.40. The number of benzene rings is 2. The molecule has 2 aromatic carbocycles. The van der Waals surface area contributed by atoms with Crippen LogP contribution >= 0.6 is 47.8 Å². The van der Waals surface area contributed by atoms with Crippen LogP contribution in [0.5, 0.6) is 0 Å². The average Bonchev–Trinajstić information content (AvgIpc) is 2.86. The maximum absolute atomic E-state index is 12.6. The minimum absolute atomic E-state index is 0.0174. The molecule has 0 fully saturated rings. The molecule has 0 saturated heterocycles. The Bertz CT molecular complexity index is 695. The van der Waals surface area contributed by atoms with Crippen molar-refractivity contribution in [3.63, 3.8) is 0 Å². The van der Waals surface area contributed by atoms with Gasteiger partial charge in [0.15, 0.2) is 0 Å². The van der Waals surface area contributed by atoms with Crippen LogP contribution in [0.25, 0.3) is 0 Å². The Kier molecular flexibility index (Phi) is 4.38. The first-order chi connectivity index (χ1) is 10.1. The molecule has 6 heteroatoms. The Hall–Kier alpha value is -0.850. The van der Waals surface area contributed by atoms with E-state index in [2.05, 4.69) is 58.4 Å². The van der Waals surface area contributed by atoms with Crippen molar-refractivity contribution in [2.24, 2.45) is 0 Å². The summed E-state index contributed by atoms with van der Waals surface area (Å²) in [4.78, 5) is 12.6. The number of amides is 1. The lowest BCUT2D eigenvalue weighted by molar-refractivity contribution is -0.117. The van der Waals surface area contributed by atoms with Crippen LogP contribution in [-0.4, -0.2) is 12.5 Å². The summed E-state index contributed by atoms with van der Waals surface area (Å²) in [5.74, 6) is -0.195. The Morgan fingerprint density at radius 1 is 1.14 bits per heavy atom. The van der Waals surface area contributed by atoms with Crippen molar-refractivity contribution in [3.8, 4) is 0 Å². The molecule has 2 N–H and O–H groups in total. The van der Waals surface area contributed by atoms with Gasteiger partial charge in [-0.1, -0.05) is 34.1 Å². The van der Waals surface area contributed by atoms with E-state index >= 15 is 0 Å². The second kappa shape index (κ2) is 6.10. The largest absolute Gasteiger partial charge is 0.384 e. The van der Waals surface area contributed by atoms with E-state index in [-0.39, 0.29) is 11.8 Å². The molecule has 1 aliphatic heterocycles. The van der Waals surface area contributed by atoms with E-state index in [4.69, 9.17) is 0 Å². The molecule has 0 saturated carbocycles. The van der Waals surface area contributed by atoms with Crippen molar-refractivity contribution in [2.75, 3.05) is 17.2 Å². The van der Waals surface area contributed by atoms with Crippen LogP contribution in [0.4, 0.5) is 11.4 Å². The van der Waals surface area contributed by atoms with Crippen LogP contribution in [-0.2, 0) is 4.79 Å². The summed E-state index contributed by atoms with van der Waals surface area (Å²) in [6.45, 7) is 0.622. The number of carbonyl (C=O) groups is 1. The molecule has 0 aromatic heterocycles. The summed E-state index contributed by atoms with van der Waals surface area (Å²) in [5, 5.41) is 6.26. The molecule has 1 amide bonds. The van der Waals surface area contributed by atoms with Crippen molar-refractivity contribution >= 4 is 65.1 Å². The zero-order valence-corrected chi connectivity index (χ0v) is 15.5. The number of para-hydroxylation sites is 1. The lowest BCUT2D eigenvalue weighted by atomic mass is 10.0. The Morgan fingerprint density at radius 3 is 2.52 bits per heavy atom. The van der Waals surface area contributed by atoms with Gasteiger partial charge in [-0.2, -0.15) is 0 Å². The normalized spacial score (nSPS) is 16.2. The predicted octanol–water partition coefficient (Wildman–Crippen LogP) is 5.12. The Labute approximate surface area is 147 Å². The van der Waals surface area contributed by atoms with E-state index in [1.807, 2.05) is 36.4 Å². The summed E-state index contributed by atoms with van der Waals surface area (Å²) in [7, 11) is 0. The summed E-state index contributed by atoms with van der Waals surface area (Å²) in [6, 6.07) is 11.7. The number of fused-ring (bicyclic) bond motifs is 1. The topological polar surface area (TPSA) is 41.1 Å². The van der Waals surface area contributed by atoms with E-state index in [9.17, 15) is 4.79 Å². The molecule has 1 aliphatic rings. The van der Waals surface area contributed by atoms with Crippen molar-refractivity contribution in [3.05, 3.63) is 55.4 Å². The van der Waals surface area contributed by atoms with Gasteiger partial charge in [0.1, 0.15) is 0 Å². The fourth-order valence-corrected chi connectivity index (χ4v) is 4.85. The first-order valence-electron chi connectivity index (χ1n) is 6.34. The van der Waals surface area contributed by atoms with Crippen LogP contribution in [0.15, 0.2) is 49.8 Å². The third kappa shape index (κ3) is 3.03. The molecular weight excluding hydrogens is 464 g/mol. The van der Waals surface area contributed by atoms with Gasteiger partial charge in [0.2, 0.25) is 5.91 Å². The first-order valence-corrected chi connectivity index (χ1v) is 8.72. The third-order valence-corrected chi connectivity index (χ3v) is 5.11. The van der Waals surface area contributed by atoms with Crippen molar-refractivity contribution in [1.82, 2.24) is 0 Å². The smallest absolute Gasteiger partial charge is 0.233 e. The van der Waals surface area contributed by atoms with Gasteiger partial charge in [-0.3, -0.25) is 4.79 Å². The zero-order valence-electron chi connectivity index (χ0n) is 10.8. The molecule has 0 bridgehead atoms. The van der Waals surface area contributed by atoms with Crippen LogP contribution < -0.4 is 10.6 Å². The predicted molar refractivity (Wildman–Crippen MR) is 95.8 cm³/mol. The molecule has 2 aromatic rings. The average molecular weight is 475 g/mol. The molecule has 0 spiro atoms. The number of nitrogens with one attached hydrogen (secondary N) is 2. The standard InChI is InChI=1S/C15H11Br3N2O/c16-8-5-11(17)14(12(18)6-8)20-15(21)10-7-19-13-4-2-1-3-9(10)13/h1-6,10,19H,7H2,(H,20,21). The molecule has 1 unspecified atom stereocenters. The number of hydrogen-bond donors (Lipinski definition) is 2. The number of anilines is 2. The molecule has 108 valence electrons. The first kappa shape index (κ1) is 15.1. The molecule has 3 rings (SSSR count). The van der Waals surface area contributed by atoms with Gasteiger partial charge < -0.3 is 10.6 Å². The van der Waals surface area contributed by atoms with Crippen molar-refractivity contribution in [2.45, 2.75) is 5.92 Å². The highest BCUT2D eigenvalue weighted by Crippen LogP contribution is 2.37. The van der Waals surface area contributed by atoms with Crippen LogP contribution in [0.3, 0.4) is 0 Å². The van der Waals surface area contributed by atoms with Gasteiger partial charge in [0.05, 0.1) is 11.6 Å². The molecule has 21 heavy (non-hydrogen) atoms. The molecule has 3 nitrogen and oxygen atoms in total. The highest BCUT2D eigenvalue weighted by Gasteiger charge is 2.28. The van der Waals surface area contributed by atoms with Crippen LogP contribution in [0, 0.1) is 0 Å². The Balaban J connectivity index is 1.86. The number of rotatable bonds is 2. The van der Waals surface area contributed by atoms with Gasteiger partial charge in [0, 0.05) is 25.7 Å². The quantitative estimate of drug-likeness (QED) is 0.634. The fourth-order valence-electron chi connectivity index (χ4n) is 2.39. The molecule has 0 radical (unpaired) electrons. The van der Waals surface area contributed by atoms with E-state index in [1.54, 1.807) is 0 Å². The summed E-state index contributed by atoms with van der Waals surface area (Å²) in [6.07, 6.45) is 0. The lowest BCUT2D eigenvalue weighted by Crippen LogP contribution is -2.23. The summed E-state index contributed by atoms with van der Waals surface area (Å²) < 4.78 is 2.60. The van der Waals surface area contributed by atoms with E-state index < -0.39 is 0 Å². The van der Waals surface area contributed by atoms with E-state index in [1.165, 1.54) is 0 Å². The van der Waals surface area contributed by atoms with Crippen molar-refractivity contribution in [1.29, 1.82) is 0 Å². The summed E-state index contributed by atoms with van der Waals surface area (Å²) in [5.41, 5.74) is 2.82. The van der Waals surface area contributed by atoms with E-state index in [0.29, 0.717) is 6.54 Å². The number of carbonyl (C=O) groups excluding carboxylic acids is 1. The van der Waals surface area contributed by atoms with Gasteiger partial charge >= 0.3 is 0 Å². The van der Waals surface area contributed by atoms with Crippen LogP contribution in [0.2, 0.25) is 0 Å². The monoisotopic (exact) mass is 472 g/mol. The zero-order chi connectivity index (χ0) is 15.0. The fraction of sp³-hybridized carbons (Fsp3) is 0.133. The molecule has 1 heterocycles. The minimum atomic E-state index is -0.177. The number of hydrogen-bond acceptors (Lipinski definition) is 2. The maximum Gasteiger partial charge on any atom is 0.233 e. The number of halogens is 3. The van der Waals surface area contributed by atoms with Gasteiger partial charge in [-0.25, -0.2) is 0 Å². The summed E-state index contributed by atoms with van der Waals surface area (Å²) >= 11 is 10.4. The highest BCUT2D eigenvalue weighted by molar-refractivity contribution is 9.11. The lowest BCUT2D eigenvalue weighted by Gasteiger charge is -2.14. The van der Waals surface area contributed by atoms with Crippen LogP contribution in [0.1, 0.15) is 11.5 Å². The Morgan fingerprint density at radius 2 is 1.81 bits per heavy atom. The SMILES string of the molecule is O=C(Nc1c(Br)cc(Br)cc1Br)C1CNc2ccccc21. The van der Waals surface area contributed by atoms with Gasteiger partial charge in [-0.15, -0.1) is 0 Å². The highest BCUT2D eigenvalue weighted by atomic mass is 79.9. The maximum atomic E-state index is 12.6. The second-order valence-corrected chi connectivity index (χ2v) is 7.38. The van der Waals surface area contributed by atoms with Crippen molar-refractivity contribution < 1.29 is 4.79 Å². The minimum Gasteiger partial charge on any atom is -0.384 e. The van der Waals surface area contributed by atoms with Gasteiger partial charge in [0.25, 0.3) is 0 Å².